The van der Waals surface area contributed by atoms with Gasteiger partial charge in [-0.05, 0) is 66.9 Å². The fourth-order valence-corrected chi connectivity index (χ4v) is 8.64. The molecule has 0 radical (unpaired) electrons. The van der Waals surface area contributed by atoms with E-state index >= 15 is 0 Å². The Bertz CT molecular complexity index is 1410. The second-order valence-corrected chi connectivity index (χ2v) is 12.2. The number of esters is 1. The van der Waals surface area contributed by atoms with E-state index in [1.54, 1.807) is 10.7 Å². The lowest BCUT2D eigenvalue weighted by Gasteiger charge is -2.58. The molecule has 6 rings (SSSR count). The number of carbonyl (C=O) groups is 2. The second-order valence-electron chi connectivity index (χ2n) is 11.8. The number of methoxy groups -OCH3 is 1. The molecule has 0 aliphatic heterocycles. The third-order valence-corrected chi connectivity index (χ3v) is 10.3. The zero-order valence-electron chi connectivity index (χ0n) is 22.1. The maximum Gasteiger partial charge on any atom is 0.333 e. The molecule has 0 spiro atoms. The van der Waals surface area contributed by atoms with Gasteiger partial charge in [0.1, 0.15) is 6.61 Å². The highest BCUT2D eigenvalue weighted by atomic mass is 32.1. The van der Waals surface area contributed by atoms with Crippen LogP contribution in [0.25, 0.3) is 11.8 Å². The van der Waals surface area contributed by atoms with Gasteiger partial charge in [0.2, 0.25) is 11.1 Å². The SMILES string of the molecule is COCC(=O)O[C@]1(C(=O)S)CCC2[C@@H]3C=CC4=Cc5c(cnn5-c5ccc(F)nc5)C[C@]4(C)C3[C@@H](O)C[C@@]21C. The number of fused-ring (bicyclic) bond motifs is 6. The number of aliphatic hydroxyl groups excluding tert-OH is 1. The predicted octanol–water partition coefficient (Wildman–Crippen LogP) is 3.72. The van der Waals surface area contributed by atoms with Crippen molar-refractivity contribution in [3.05, 3.63) is 59.5 Å². The monoisotopic (exact) mass is 553 g/mol. The van der Waals surface area contributed by atoms with Gasteiger partial charge in [0.05, 0.1) is 29.9 Å². The van der Waals surface area contributed by atoms with Crippen molar-refractivity contribution < 1.29 is 28.6 Å². The molecular formula is C29H32FN3O5S. The molecule has 2 heterocycles. The first-order valence-electron chi connectivity index (χ1n) is 13.3. The van der Waals surface area contributed by atoms with Crippen LogP contribution in [-0.4, -0.2) is 56.4 Å². The third-order valence-electron chi connectivity index (χ3n) is 9.96. The number of pyridine rings is 1. The van der Waals surface area contributed by atoms with Gasteiger partial charge in [-0.1, -0.05) is 26.0 Å². The van der Waals surface area contributed by atoms with Crippen LogP contribution in [0, 0.1) is 34.5 Å². The second kappa shape index (κ2) is 9.11. The topological polar surface area (TPSA) is 104 Å². The fourth-order valence-electron chi connectivity index (χ4n) is 8.23. The molecule has 7 atom stereocenters. The Morgan fingerprint density at radius 2 is 2.08 bits per heavy atom. The number of thiol groups is 1. The number of rotatable bonds is 5. The summed E-state index contributed by atoms with van der Waals surface area (Å²) in [5.41, 5.74) is 1.16. The Morgan fingerprint density at radius 3 is 2.77 bits per heavy atom. The number of carbonyl (C=O) groups excluding carboxylic acids is 2. The fraction of sp³-hybridized carbons (Fsp3) is 0.517. The van der Waals surface area contributed by atoms with Gasteiger partial charge < -0.3 is 14.6 Å². The highest BCUT2D eigenvalue weighted by molar-refractivity contribution is 7.96. The lowest BCUT2D eigenvalue weighted by molar-refractivity contribution is -0.194. The van der Waals surface area contributed by atoms with E-state index in [-0.39, 0.29) is 29.8 Å². The van der Waals surface area contributed by atoms with Crippen molar-refractivity contribution in [1.29, 1.82) is 0 Å². The van der Waals surface area contributed by atoms with Gasteiger partial charge in [0.25, 0.3) is 0 Å². The van der Waals surface area contributed by atoms with Crippen molar-refractivity contribution in [2.45, 2.75) is 51.2 Å². The summed E-state index contributed by atoms with van der Waals surface area (Å²) in [6, 6.07) is 2.96. The van der Waals surface area contributed by atoms with Crippen LogP contribution in [0.5, 0.6) is 0 Å². The number of hydrogen-bond donors (Lipinski definition) is 2. The van der Waals surface area contributed by atoms with Crippen molar-refractivity contribution in [3.63, 3.8) is 0 Å². The number of halogens is 1. The van der Waals surface area contributed by atoms with Crippen molar-refractivity contribution in [2.24, 2.45) is 28.6 Å². The summed E-state index contributed by atoms with van der Waals surface area (Å²) in [5.74, 6) is -1.26. The van der Waals surface area contributed by atoms with E-state index in [1.807, 2.05) is 13.1 Å². The quantitative estimate of drug-likeness (QED) is 0.331. The van der Waals surface area contributed by atoms with Crippen LogP contribution >= 0.6 is 12.6 Å². The maximum absolute atomic E-state index is 13.4. The van der Waals surface area contributed by atoms with Gasteiger partial charge in [0.15, 0.2) is 5.60 Å². The van der Waals surface area contributed by atoms with Crippen LogP contribution in [0.15, 0.2) is 42.3 Å². The van der Waals surface area contributed by atoms with E-state index in [2.05, 4.69) is 47.9 Å². The maximum atomic E-state index is 13.4. The molecule has 2 aromatic rings. The number of hydrogen-bond acceptors (Lipinski definition) is 7. The van der Waals surface area contributed by atoms with Crippen molar-refractivity contribution in [2.75, 3.05) is 13.7 Å². The molecule has 8 nitrogen and oxygen atoms in total. The molecule has 10 heteroatoms. The van der Waals surface area contributed by atoms with Crippen LogP contribution in [-0.2, 0) is 25.5 Å². The first-order valence-corrected chi connectivity index (χ1v) is 13.7. The van der Waals surface area contributed by atoms with E-state index in [0.717, 1.165) is 16.8 Å². The zero-order chi connectivity index (χ0) is 27.7. The standard InChI is InChI=1S/C29H32FN3O5S/c1-27-11-16-13-32-33(18-5-7-23(30)31-14-18)21(16)10-17(27)4-6-19-20-8-9-29(26(36)39,38-24(35)15-37-3)28(20,2)12-22(34)25(19)27/h4-7,10,13-14,19-20,22,25,34H,8-9,11-12,15H2,1-3H3,(H,36,39)/t19-,20?,22-,25?,27-,28-,29-/m0/s1. The molecule has 0 saturated heterocycles. The minimum Gasteiger partial charge on any atom is -0.448 e. The molecule has 206 valence electrons. The Hall–Kier alpha value is -2.82. The Balaban J connectivity index is 1.38. The van der Waals surface area contributed by atoms with Crippen LogP contribution in [0.4, 0.5) is 4.39 Å². The van der Waals surface area contributed by atoms with E-state index in [9.17, 15) is 19.1 Å². The minimum atomic E-state index is -1.42. The summed E-state index contributed by atoms with van der Waals surface area (Å²) in [5, 5.41) is 15.9. The minimum absolute atomic E-state index is 0.0152. The van der Waals surface area contributed by atoms with Crippen molar-refractivity contribution in [3.8, 4) is 5.69 Å². The molecular weight excluding hydrogens is 521 g/mol. The number of ether oxygens (including phenoxy) is 2. The summed E-state index contributed by atoms with van der Waals surface area (Å²) in [6.45, 7) is 3.89. The smallest absolute Gasteiger partial charge is 0.333 e. The van der Waals surface area contributed by atoms with E-state index in [4.69, 9.17) is 9.47 Å². The summed E-state index contributed by atoms with van der Waals surface area (Å²) in [6.07, 6.45) is 11.0. The van der Waals surface area contributed by atoms with Gasteiger partial charge in [-0.15, -0.1) is 12.6 Å². The van der Waals surface area contributed by atoms with Crippen molar-refractivity contribution >= 4 is 29.8 Å². The molecule has 4 aliphatic carbocycles. The Labute approximate surface area is 231 Å². The van der Waals surface area contributed by atoms with Crippen LogP contribution in [0.1, 0.15) is 44.4 Å². The van der Waals surface area contributed by atoms with Gasteiger partial charge in [-0.3, -0.25) is 4.79 Å². The van der Waals surface area contributed by atoms with E-state index < -0.39 is 34.2 Å². The normalized spacial score (nSPS) is 36.3. The Morgan fingerprint density at radius 1 is 1.28 bits per heavy atom. The molecule has 39 heavy (non-hydrogen) atoms. The highest BCUT2D eigenvalue weighted by Gasteiger charge is 2.69. The van der Waals surface area contributed by atoms with Crippen LogP contribution in [0.2, 0.25) is 0 Å². The molecule has 2 aromatic heterocycles. The van der Waals surface area contributed by atoms with Crippen LogP contribution < -0.4 is 0 Å². The number of aromatic nitrogens is 3. The predicted molar refractivity (Wildman–Crippen MR) is 143 cm³/mol. The summed E-state index contributed by atoms with van der Waals surface area (Å²) in [7, 11) is 1.40. The number of nitrogens with zero attached hydrogens (tertiary/aromatic N) is 3. The van der Waals surface area contributed by atoms with Crippen LogP contribution in [0.3, 0.4) is 0 Å². The summed E-state index contributed by atoms with van der Waals surface area (Å²) < 4.78 is 26.0. The van der Waals surface area contributed by atoms with Crippen molar-refractivity contribution in [1.82, 2.24) is 14.8 Å². The summed E-state index contributed by atoms with van der Waals surface area (Å²) in [4.78, 5) is 29.3. The van der Waals surface area contributed by atoms with Gasteiger partial charge in [0, 0.05) is 23.9 Å². The first-order chi connectivity index (χ1) is 18.5. The molecule has 0 aromatic carbocycles. The molecule has 2 fully saturated rings. The molecule has 0 bridgehead atoms. The molecule has 2 unspecified atom stereocenters. The number of aliphatic hydroxyl groups is 1. The van der Waals surface area contributed by atoms with Gasteiger partial charge in [-0.25, -0.2) is 14.5 Å². The number of allylic oxidation sites excluding steroid dienone is 3. The average molecular weight is 554 g/mol. The Kier molecular flexibility index (Phi) is 6.17. The average Bonchev–Trinajstić information content (AvgIpc) is 3.41. The lowest BCUT2D eigenvalue weighted by Crippen LogP contribution is -2.61. The van der Waals surface area contributed by atoms with E-state index in [0.29, 0.717) is 31.4 Å². The highest BCUT2D eigenvalue weighted by Crippen LogP contribution is 2.67. The largest absolute Gasteiger partial charge is 0.448 e. The molecule has 1 N–H and O–H groups in total. The summed E-state index contributed by atoms with van der Waals surface area (Å²) >= 11 is 4.20. The lowest BCUT2D eigenvalue weighted by atomic mass is 9.47. The third kappa shape index (κ3) is 3.71. The molecule has 2 saturated carbocycles. The van der Waals surface area contributed by atoms with Gasteiger partial charge in [-0.2, -0.15) is 9.49 Å². The van der Waals surface area contributed by atoms with Gasteiger partial charge >= 0.3 is 5.97 Å². The first kappa shape index (κ1) is 26.4. The zero-order valence-corrected chi connectivity index (χ0v) is 23.0. The molecule has 4 aliphatic rings. The van der Waals surface area contributed by atoms with E-state index in [1.165, 1.54) is 19.4 Å². The molecule has 0 amide bonds.